The van der Waals surface area contributed by atoms with E-state index in [1.165, 1.54) is 44.7 Å². The van der Waals surface area contributed by atoms with Gasteiger partial charge >= 0.3 is 0 Å². The number of rotatable bonds is 8. The van der Waals surface area contributed by atoms with Gasteiger partial charge in [-0.1, -0.05) is 15.9 Å². The van der Waals surface area contributed by atoms with Crippen molar-refractivity contribution < 1.29 is 27.8 Å². The van der Waals surface area contributed by atoms with Crippen molar-refractivity contribution >= 4 is 38.1 Å². The molecular weight excluding hydrogens is 454 g/mol. The second-order valence-corrected chi connectivity index (χ2v) is 8.02. The van der Waals surface area contributed by atoms with Crippen LogP contribution in [0.15, 0.2) is 50.9 Å². The van der Waals surface area contributed by atoms with Crippen LogP contribution in [-0.2, 0) is 14.8 Å². The summed E-state index contributed by atoms with van der Waals surface area (Å²) < 4.78 is 37.7. The topological polar surface area (TPSA) is 126 Å². The maximum atomic E-state index is 12.3. The number of nitrogens with zero attached hydrogens (tertiary/aromatic N) is 1. The minimum Gasteiger partial charge on any atom is -0.507 e. The number of methoxy groups -OCH3 is 2. The Morgan fingerprint density at radius 3 is 2.57 bits per heavy atom. The van der Waals surface area contributed by atoms with Crippen LogP contribution in [0.5, 0.6) is 17.2 Å². The molecule has 2 aromatic carbocycles. The Kier molecular flexibility index (Phi) is 7.38. The highest BCUT2D eigenvalue weighted by molar-refractivity contribution is 9.10. The summed E-state index contributed by atoms with van der Waals surface area (Å²) in [5.41, 5.74) is 2.55. The number of carbonyl (C=O) groups is 1. The number of benzene rings is 2. The number of hydrazone groups is 1. The summed E-state index contributed by atoms with van der Waals surface area (Å²) in [6, 6.07) is 8.77. The van der Waals surface area contributed by atoms with Crippen LogP contribution in [0.4, 0.5) is 0 Å². The van der Waals surface area contributed by atoms with E-state index in [0.29, 0.717) is 11.3 Å². The van der Waals surface area contributed by atoms with Crippen molar-refractivity contribution in [2.75, 3.05) is 20.8 Å². The number of aromatic hydroxyl groups is 1. The molecule has 0 aliphatic rings. The molecule has 11 heteroatoms. The van der Waals surface area contributed by atoms with Crippen LogP contribution in [0, 0.1) is 0 Å². The van der Waals surface area contributed by atoms with E-state index in [2.05, 4.69) is 31.2 Å². The number of ether oxygens (including phenoxy) is 2. The molecule has 1 amide bonds. The number of hydrogen-bond donors (Lipinski definition) is 3. The summed E-state index contributed by atoms with van der Waals surface area (Å²) in [7, 11) is -1.13. The monoisotopic (exact) mass is 471 g/mol. The summed E-state index contributed by atoms with van der Waals surface area (Å²) in [6.45, 7) is -0.529. The van der Waals surface area contributed by atoms with Crippen LogP contribution in [0.25, 0.3) is 0 Å². The fraction of sp³-hybridized carbons (Fsp3) is 0.176. The third kappa shape index (κ3) is 5.68. The van der Waals surface area contributed by atoms with Gasteiger partial charge in [0.25, 0.3) is 5.91 Å². The minimum atomic E-state index is -3.95. The number of hydrogen-bond acceptors (Lipinski definition) is 7. The van der Waals surface area contributed by atoms with Crippen molar-refractivity contribution in [2.45, 2.75) is 4.90 Å². The summed E-state index contributed by atoms with van der Waals surface area (Å²) >= 11 is 3.25. The van der Waals surface area contributed by atoms with Gasteiger partial charge in [-0.05, 0) is 30.3 Å². The molecule has 0 aliphatic heterocycles. The molecule has 0 aliphatic carbocycles. The molecule has 28 heavy (non-hydrogen) atoms. The quantitative estimate of drug-likeness (QED) is 0.396. The summed E-state index contributed by atoms with van der Waals surface area (Å²) in [6.07, 6.45) is 1.24. The van der Waals surface area contributed by atoms with Gasteiger partial charge < -0.3 is 14.6 Å². The lowest BCUT2D eigenvalue weighted by Gasteiger charge is -2.10. The standard InChI is InChI=1S/C17H18BrN3O6S/c1-26-15-6-4-13(8-16(15)27-2)28(24,25)20-10-17(23)21-19-9-11-7-12(18)3-5-14(11)22/h3-9,20,22H,10H2,1-2H3,(H,21,23)/b19-9-. The van der Waals surface area contributed by atoms with Crippen LogP contribution >= 0.6 is 15.9 Å². The first kappa shape index (κ1) is 21.7. The van der Waals surface area contributed by atoms with E-state index < -0.39 is 22.5 Å². The van der Waals surface area contributed by atoms with Gasteiger partial charge in [0.15, 0.2) is 11.5 Å². The Bertz CT molecular complexity index is 994. The van der Waals surface area contributed by atoms with Crippen molar-refractivity contribution in [3.8, 4) is 17.2 Å². The van der Waals surface area contributed by atoms with E-state index in [-0.39, 0.29) is 16.4 Å². The predicted molar refractivity (Wildman–Crippen MR) is 106 cm³/mol. The Morgan fingerprint density at radius 1 is 1.18 bits per heavy atom. The number of sulfonamides is 1. The molecule has 0 bridgehead atoms. The molecule has 0 spiro atoms. The normalized spacial score (nSPS) is 11.4. The molecule has 2 rings (SSSR count). The molecule has 0 heterocycles. The first-order valence-corrected chi connectivity index (χ1v) is 10.1. The molecule has 0 saturated carbocycles. The van der Waals surface area contributed by atoms with Crippen LogP contribution in [0.1, 0.15) is 5.56 Å². The first-order valence-electron chi connectivity index (χ1n) is 7.79. The van der Waals surface area contributed by atoms with Crippen molar-refractivity contribution in [3.05, 3.63) is 46.4 Å². The summed E-state index contributed by atoms with van der Waals surface area (Å²) in [5, 5.41) is 13.4. The third-order valence-corrected chi connectivity index (χ3v) is 5.36. The molecule has 9 nitrogen and oxygen atoms in total. The van der Waals surface area contributed by atoms with Crippen molar-refractivity contribution in [1.29, 1.82) is 0 Å². The van der Waals surface area contributed by atoms with Gasteiger partial charge in [-0.25, -0.2) is 18.6 Å². The summed E-state index contributed by atoms with van der Waals surface area (Å²) in [4.78, 5) is 11.7. The average Bonchev–Trinajstić information content (AvgIpc) is 2.68. The lowest BCUT2D eigenvalue weighted by molar-refractivity contribution is -0.119. The molecule has 3 N–H and O–H groups in total. The maximum absolute atomic E-state index is 12.3. The van der Waals surface area contributed by atoms with E-state index in [4.69, 9.17) is 9.47 Å². The minimum absolute atomic E-state index is 0.0182. The maximum Gasteiger partial charge on any atom is 0.255 e. The van der Waals surface area contributed by atoms with Crippen LogP contribution in [-0.4, -0.2) is 46.4 Å². The highest BCUT2D eigenvalue weighted by Gasteiger charge is 2.18. The molecule has 0 radical (unpaired) electrons. The van der Waals surface area contributed by atoms with Gasteiger partial charge in [-0.15, -0.1) is 0 Å². The zero-order chi connectivity index (χ0) is 20.7. The van der Waals surface area contributed by atoms with Gasteiger partial charge in [-0.2, -0.15) is 5.10 Å². The lowest BCUT2D eigenvalue weighted by atomic mass is 10.2. The zero-order valence-corrected chi connectivity index (χ0v) is 17.4. The van der Waals surface area contributed by atoms with Crippen LogP contribution < -0.4 is 19.6 Å². The lowest BCUT2D eigenvalue weighted by Crippen LogP contribution is -2.34. The van der Waals surface area contributed by atoms with E-state index in [1.807, 2.05) is 0 Å². The largest absolute Gasteiger partial charge is 0.507 e. The SMILES string of the molecule is COc1ccc(S(=O)(=O)NCC(=O)N/N=C\c2cc(Br)ccc2O)cc1OC. The highest BCUT2D eigenvalue weighted by Crippen LogP contribution is 2.29. The fourth-order valence-electron chi connectivity index (χ4n) is 2.07. The molecule has 0 atom stereocenters. The zero-order valence-electron chi connectivity index (χ0n) is 15.0. The van der Waals surface area contributed by atoms with Gasteiger partial charge in [0.2, 0.25) is 10.0 Å². The van der Waals surface area contributed by atoms with E-state index in [9.17, 15) is 18.3 Å². The Hall–Kier alpha value is -2.63. The Morgan fingerprint density at radius 2 is 1.89 bits per heavy atom. The molecular formula is C17H18BrN3O6S. The molecule has 150 valence electrons. The molecule has 0 aromatic heterocycles. The van der Waals surface area contributed by atoms with Crippen LogP contribution in [0.2, 0.25) is 0 Å². The number of halogens is 1. The Balaban J connectivity index is 1.98. The number of phenolic OH excluding ortho intramolecular Hbond substituents is 1. The third-order valence-electron chi connectivity index (χ3n) is 3.47. The van der Waals surface area contributed by atoms with Gasteiger partial charge in [0.1, 0.15) is 5.75 Å². The van der Waals surface area contributed by atoms with Gasteiger partial charge in [0, 0.05) is 16.1 Å². The number of phenols is 1. The summed E-state index contributed by atoms with van der Waals surface area (Å²) in [5.74, 6) is -0.0808. The van der Waals surface area contributed by atoms with E-state index in [1.54, 1.807) is 12.1 Å². The second-order valence-electron chi connectivity index (χ2n) is 5.34. The number of nitrogens with one attached hydrogen (secondary N) is 2. The van der Waals surface area contributed by atoms with E-state index >= 15 is 0 Å². The van der Waals surface area contributed by atoms with Crippen LogP contribution in [0.3, 0.4) is 0 Å². The molecule has 0 unspecified atom stereocenters. The predicted octanol–water partition coefficient (Wildman–Crippen LogP) is 1.60. The Labute approximate surface area is 170 Å². The average molecular weight is 472 g/mol. The fourth-order valence-corrected chi connectivity index (χ4v) is 3.45. The van der Waals surface area contributed by atoms with Crippen molar-refractivity contribution in [3.63, 3.8) is 0 Å². The molecule has 0 fully saturated rings. The highest BCUT2D eigenvalue weighted by atomic mass is 79.9. The first-order chi connectivity index (χ1) is 13.3. The van der Waals surface area contributed by atoms with Crippen molar-refractivity contribution in [2.24, 2.45) is 5.10 Å². The number of amides is 1. The second kappa shape index (κ2) is 9.53. The van der Waals surface area contributed by atoms with Gasteiger partial charge in [0.05, 0.1) is 31.9 Å². The molecule has 0 saturated heterocycles. The smallest absolute Gasteiger partial charge is 0.255 e. The number of carbonyl (C=O) groups excluding carboxylic acids is 1. The van der Waals surface area contributed by atoms with E-state index in [0.717, 1.165) is 4.47 Å². The van der Waals surface area contributed by atoms with Crippen molar-refractivity contribution in [1.82, 2.24) is 10.1 Å². The molecule has 2 aromatic rings. The van der Waals surface area contributed by atoms with Gasteiger partial charge in [-0.3, -0.25) is 4.79 Å².